The van der Waals surface area contributed by atoms with E-state index in [-0.39, 0.29) is 0 Å². The summed E-state index contributed by atoms with van der Waals surface area (Å²) in [6, 6.07) is 3.08. The van der Waals surface area contributed by atoms with Gasteiger partial charge in [0.05, 0.1) is 6.42 Å². The highest BCUT2D eigenvalue weighted by molar-refractivity contribution is 5.01. The Kier molecular flexibility index (Phi) is 1.85. The second-order valence-corrected chi connectivity index (χ2v) is 4.04. The quantitative estimate of drug-likeness (QED) is 0.500. The van der Waals surface area contributed by atoms with Gasteiger partial charge in [0.25, 0.3) is 12.6 Å². The van der Waals surface area contributed by atoms with Crippen molar-refractivity contribution in [1.82, 2.24) is 0 Å². The van der Waals surface area contributed by atoms with E-state index in [1.165, 1.54) is 38.5 Å². The van der Waals surface area contributed by atoms with Crippen molar-refractivity contribution in [2.45, 2.75) is 44.9 Å². The van der Waals surface area contributed by atoms with Gasteiger partial charge >= 0.3 is 0 Å². The fraction of sp³-hybridized carbons (Fsp3) is 0.900. The number of hydrogen-bond donors (Lipinski definition) is 0. The number of nitrogens with zero attached hydrogens (tertiary/aromatic N) is 1. The van der Waals surface area contributed by atoms with Gasteiger partial charge in [-0.15, -0.1) is 0 Å². The van der Waals surface area contributed by atoms with Gasteiger partial charge in [0, 0.05) is 5.41 Å². The van der Waals surface area contributed by atoms with Crippen LogP contribution in [0.3, 0.4) is 0 Å². The van der Waals surface area contributed by atoms with Crippen LogP contribution in [-0.2, 0) is 0 Å². The van der Waals surface area contributed by atoms with Gasteiger partial charge in [-0.05, 0) is 19.3 Å². The second-order valence-electron chi connectivity index (χ2n) is 4.04. The first-order chi connectivity index (χ1) is 5.41. The minimum absolute atomic E-state index is 0.628. The van der Waals surface area contributed by atoms with E-state index >= 15 is 0 Å². The molecular weight excluding hydrogens is 134 g/mol. The van der Waals surface area contributed by atoms with Crippen LogP contribution >= 0.6 is 0 Å². The summed E-state index contributed by atoms with van der Waals surface area (Å²) in [6.07, 6.45) is 9.66. The van der Waals surface area contributed by atoms with Crippen LogP contribution in [0.1, 0.15) is 44.9 Å². The topological polar surface area (TPSA) is 4.36 Å². The molecule has 0 aromatic rings. The fourth-order valence-electron chi connectivity index (χ4n) is 2.41. The van der Waals surface area contributed by atoms with Crippen molar-refractivity contribution in [2.24, 2.45) is 5.41 Å². The van der Waals surface area contributed by atoms with Crippen LogP contribution in [0, 0.1) is 11.5 Å². The molecule has 2 rings (SSSR count). The Bertz CT molecular complexity index is 191. The molecule has 0 unspecified atom stereocenters. The zero-order valence-electron chi connectivity index (χ0n) is 7.10. The normalized spacial score (nSPS) is 27.6. The molecule has 60 valence electrons. The summed E-state index contributed by atoms with van der Waals surface area (Å²) >= 11 is 0. The third kappa shape index (κ3) is 1.40. The molecule has 0 N–H and O–H groups in total. The van der Waals surface area contributed by atoms with E-state index in [4.69, 9.17) is 0 Å². The molecule has 1 spiro atoms. The molecule has 0 radical (unpaired) electrons. The van der Waals surface area contributed by atoms with Gasteiger partial charge in [-0.1, -0.05) is 24.1 Å². The zero-order valence-corrected chi connectivity index (χ0v) is 7.10. The van der Waals surface area contributed by atoms with Crippen LogP contribution < -0.4 is 0 Å². The van der Waals surface area contributed by atoms with E-state index in [9.17, 15) is 0 Å². The van der Waals surface area contributed by atoms with E-state index < -0.39 is 0 Å². The van der Waals surface area contributed by atoms with E-state index in [0.29, 0.717) is 5.41 Å². The Labute approximate surface area is 68.6 Å². The number of rotatable bonds is 0. The molecule has 2 aliphatic rings. The van der Waals surface area contributed by atoms with Crippen LogP contribution in [-0.4, -0.2) is 6.54 Å². The SMILES string of the molecule is C1#[N+]CC2(CC1)CCCCC2. The molecule has 1 heteroatoms. The summed E-state index contributed by atoms with van der Waals surface area (Å²) in [7, 11) is 0. The molecule has 1 fully saturated rings. The lowest BCUT2D eigenvalue weighted by Crippen LogP contribution is -2.28. The molecule has 0 aromatic carbocycles. The molecule has 1 heterocycles. The lowest BCUT2D eigenvalue weighted by atomic mass is 9.71. The lowest BCUT2D eigenvalue weighted by Gasteiger charge is -2.31. The summed E-state index contributed by atoms with van der Waals surface area (Å²) in [6.45, 7) is 1.08. The van der Waals surface area contributed by atoms with Crippen molar-refractivity contribution < 1.29 is 0 Å². The van der Waals surface area contributed by atoms with E-state index in [1.807, 2.05) is 0 Å². The molecule has 1 aliphatic carbocycles. The Balaban J connectivity index is 2.04. The molecule has 0 atom stereocenters. The lowest BCUT2D eigenvalue weighted by molar-refractivity contribution is 0.192. The average Bonchev–Trinajstić information content (AvgIpc) is 2.07. The predicted octanol–water partition coefficient (Wildman–Crippen LogP) is 3.06. The molecule has 0 amide bonds. The minimum atomic E-state index is 0.628. The summed E-state index contributed by atoms with van der Waals surface area (Å²) in [4.78, 5) is 4.30. The molecule has 1 aliphatic heterocycles. The Morgan fingerprint density at radius 1 is 1.00 bits per heavy atom. The van der Waals surface area contributed by atoms with Crippen molar-refractivity contribution in [2.75, 3.05) is 6.54 Å². The monoisotopic (exact) mass is 150 g/mol. The van der Waals surface area contributed by atoms with E-state index in [2.05, 4.69) is 10.9 Å². The smallest absolute Gasteiger partial charge is 0.0831 e. The van der Waals surface area contributed by atoms with Gasteiger partial charge in [-0.25, -0.2) is 0 Å². The molecule has 0 bridgehead atoms. The first-order valence-electron chi connectivity index (χ1n) is 4.81. The minimum Gasteiger partial charge on any atom is -0.0831 e. The highest BCUT2D eigenvalue weighted by Gasteiger charge is 2.37. The maximum absolute atomic E-state index is 4.30. The van der Waals surface area contributed by atoms with Crippen LogP contribution in [0.25, 0.3) is 4.85 Å². The van der Waals surface area contributed by atoms with Gasteiger partial charge in [-0.3, -0.25) is 0 Å². The van der Waals surface area contributed by atoms with Crippen molar-refractivity contribution in [3.63, 3.8) is 0 Å². The third-order valence-corrected chi connectivity index (χ3v) is 3.21. The summed E-state index contributed by atoms with van der Waals surface area (Å²) < 4.78 is 0. The van der Waals surface area contributed by atoms with Crippen molar-refractivity contribution >= 4 is 0 Å². The summed E-state index contributed by atoms with van der Waals surface area (Å²) in [5, 5.41) is 0. The summed E-state index contributed by atoms with van der Waals surface area (Å²) in [5.74, 6) is 0. The maximum atomic E-state index is 4.30. The molecule has 1 nitrogen and oxygen atoms in total. The van der Waals surface area contributed by atoms with Crippen LogP contribution in [0.4, 0.5) is 0 Å². The van der Waals surface area contributed by atoms with E-state index in [0.717, 1.165) is 13.0 Å². The van der Waals surface area contributed by atoms with Crippen molar-refractivity contribution in [3.8, 4) is 6.07 Å². The third-order valence-electron chi connectivity index (χ3n) is 3.21. The molecule has 1 saturated carbocycles. The molecule has 0 saturated heterocycles. The zero-order chi connectivity index (χ0) is 7.57. The highest BCUT2D eigenvalue weighted by Crippen LogP contribution is 2.41. The Morgan fingerprint density at radius 3 is 2.45 bits per heavy atom. The summed E-state index contributed by atoms with van der Waals surface area (Å²) in [5.41, 5.74) is 0.628. The van der Waals surface area contributed by atoms with Crippen LogP contribution in [0.15, 0.2) is 0 Å². The van der Waals surface area contributed by atoms with Gasteiger partial charge < -0.3 is 0 Å². The van der Waals surface area contributed by atoms with Gasteiger partial charge in [0.2, 0.25) is 0 Å². The van der Waals surface area contributed by atoms with Crippen molar-refractivity contribution in [3.05, 3.63) is 4.85 Å². The van der Waals surface area contributed by atoms with Crippen LogP contribution in [0.5, 0.6) is 0 Å². The first kappa shape index (κ1) is 7.16. The van der Waals surface area contributed by atoms with Gasteiger partial charge in [0.15, 0.2) is 0 Å². The molecule has 11 heavy (non-hydrogen) atoms. The van der Waals surface area contributed by atoms with E-state index in [1.54, 1.807) is 0 Å². The van der Waals surface area contributed by atoms with Gasteiger partial charge in [-0.2, -0.15) is 0 Å². The maximum Gasteiger partial charge on any atom is 0.272 e. The highest BCUT2D eigenvalue weighted by atomic mass is 14.7. The molecular formula is C10H16N+. The second kappa shape index (κ2) is 2.85. The number of hydrogen-bond acceptors (Lipinski definition) is 0. The molecule has 0 aromatic heterocycles. The fourth-order valence-corrected chi connectivity index (χ4v) is 2.41. The van der Waals surface area contributed by atoms with Gasteiger partial charge in [0.1, 0.15) is 0 Å². The average molecular weight is 150 g/mol. The largest absolute Gasteiger partial charge is 0.272 e. The van der Waals surface area contributed by atoms with Crippen LogP contribution in [0.2, 0.25) is 0 Å². The Morgan fingerprint density at radius 2 is 1.82 bits per heavy atom. The van der Waals surface area contributed by atoms with Crippen molar-refractivity contribution in [1.29, 1.82) is 0 Å². The standard InChI is InChI=1S/C10H16N/c1-2-5-10(6-3-1)7-4-8-11-9-10/h1-7,9H2/q+1. The predicted molar refractivity (Wildman–Crippen MR) is 46.9 cm³/mol. The first-order valence-corrected chi connectivity index (χ1v) is 4.81. The Hall–Kier alpha value is -0.510.